The van der Waals surface area contributed by atoms with Crippen LogP contribution in [0.3, 0.4) is 0 Å². The third-order valence-corrected chi connectivity index (χ3v) is 6.98. The predicted octanol–water partition coefficient (Wildman–Crippen LogP) is 4.58. The minimum absolute atomic E-state index is 0.145. The third-order valence-electron chi connectivity index (χ3n) is 5.18. The van der Waals surface area contributed by atoms with Crippen molar-refractivity contribution in [3.8, 4) is 10.7 Å². The number of nitrogens with zero attached hydrogens (tertiary/aromatic N) is 2. The van der Waals surface area contributed by atoms with E-state index in [4.69, 9.17) is 16.0 Å². The van der Waals surface area contributed by atoms with Crippen molar-refractivity contribution in [3.63, 3.8) is 0 Å². The third kappa shape index (κ3) is 3.54. The fourth-order valence-electron chi connectivity index (χ4n) is 3.68. The van der Waals surface area contributed by atoms with Gasteiger partial charge in [-0.15, -0.1) is 11.3 Å². The Bertz CT molecular complexity index is 1380. The molecule has 9 heteroatoms. The van der Waals surface area contributed by atoms with Gasteiger partial charge in [0.05, 0.1) is 26.7 Å². The van der Waals surface area contributed by atoms with Crippen molar-refractivity contribution in [2.45, 2.75) is 19.5 Å². The molecule has 152 valence electrons. The molecule has 5 rings (SSSR count). The highest BCUT2D eigenvalue weighted by Gasteiger charge is 2.24. The lowest BCUT2D eigenvalue weighted by molar-refractivity contribution is 0.239. The quantitative estimate of drug-likeness (QED) is 0.413. The molecule has 0 amide bonds. The average Bonchev–Trinajstić information content (AvgIpc) is 3.27. The molecule has 0 aliphatic carbocycles. The van der Waals surface area contributed by atoms with E-state index in [1.165, 1.54) is 11.3 Å². The predicted molar refractivity (Wildman–Crippen MR) is 121 cm³/mol. The molecule has 0 spiro atoms. The van der Waals surface area contributed by atoms with E-state index in [1.807, 2.05) is 28.5 Å². The second-order valence-electron chi connectivity index (χ2n) is 7.10. The number of benzene rings is 1. The molecule has 30 heavy (non-hydrogen) atoms. The van der Waals surface area contributed by atoms with Crippen molar-refractivity contribution in [2.75, 3.05) is 6.54 Å². The Hall–Kier alpha value is -2.26. The first-order chi connectivity index (χ1) is 14.5. The number of rotatable bonds is 3. The molecule has 0 bridgehead atoms. The molecule has 0 radical (unpaired) electrons. The van der Waals surface area contributed by atoms with Gasteiger partial charge in [-0.05, 0) is 29.6 Å². The van der Waals surface area contributed by atoms with Crippen LogP contribution in [0.4, 0.5) is 0 Å². The maximum atomic E-state index is 12.7. The van der Waals surface area contributed by atoms with Gasteiger partial charge in [-0.3, -0.25) is 9.69 Å². The first-order valence-electron chi connectivity index (χ1n) is 9.28. The highest BCUT2D eigenvalue weighted by molar-refractivity contribution is 9.10. The molecule has 4 aromatic rings. The molecule has 1 N–H and O–H groups in total. The zero-order valence-corrected chi connectivity index (χ0v) is 18.7. The molecule has 1 aromatic carbocycles. The molecule has 4 heterocycles. The number of hydrogen-bond acceptors (Lipinski definition) is 6. The maximum absolute atomic E-state index is 12.7. The number of aromatic amines is 1. The van der Waals surface area contributed by atoms with Crippen LogP contribution in [0, 0.1) is 0 Å². The maximum Gasteiger partial charge on any atom is 0.342 e. The normalized spacial score (nSPS) is 14.2. The van der Waals surface area contributed by atoms with Crippen molar-refractivity contribution in [1.82, 2.24) is 14.9 Å². The van der Waals surface area contributed by atoms with Gasteiger partial charge >= 0.3 is 5.63 Å². The summed E-state index contributed by atoms with van der Waals surface area (Å²) in [6.45, 7) is 1.36. The van der Waals surface area contributed by atoms with Crippen LogP contribution in [0.15, 0.2) is 54.2 Å². The summed E-state index contributed by atoms with van der Waals surface area (Å²) in [4.78, 5) is 35.7. The summed E-state index contributed by atoms with van der Waals surface area (Å²) >= 11 is 11.5. The first-order valence-corrected chi connectivity index (χ1v) is 11.3. The molecule has 1 aliphatic rings. The average molecular weight is 505 g/mol. The van der Waals surface area contributed by atoms with E-state index in [2.05, 4.69) is 25.9 Å². The van der Waals surface area contributed by atoms with Gasteiger partial charge in [0.25, 0.3) is 5.56 Å². The van der Waals surface area contributed by atoms with E-state index in [0.29, 0.717) is 59.0 Å². The number of H-pyrrole nitrogens is 1. The number of halogens is 2. The Labute approximate surface area is 188 Å². The van der Waals surface area contributed by atoms with Crippen LogP contribution in [-0.4, -0.2) is 21.4 Å². The molecule has 1 aliphatic heterocycles. The molecule has 0 fully saturated rings. The monoisotopic (exact) mass is 503 g/mol. The topological polar surface area (TPSA) is 79.2 Å². The summed E-state index contributed by atoms with van der Waals surface area (Å²) in [6.07, 6.45) is 0.625. The Balaban J connectivity index is 1.46. The van der Waals surface area contributed by atoms with Crippen LogP contribution < -0.4 is 11.2 Å². The summed E-state index contributed by atoms with van der Waals surface area (Å²) in [5, 5.41) is 3.01. The van der Waals surface area contributed by atoms with Crippen LogP contribution in [0.1, 0.15) is 16.8 Å². The molecular formula is C21H15BrClN3O3S. The van der Waals surface area contributed by atoms with E-state index < -0.39 is 5.63 Å². The number of aromatic nitrogens is 2. The van der Waals surface area contributed by atoms with E-state index in [9.17, 15) is 9.59 Å². The fraction of sp³-hybridized carbons (Fsp3) is 0.190. The number of hydrogen-bond donors (Lipinski definition) is 1. The summed E-state index contributed by atoms with van der Waals surface area (Å²) in [6, 6.07) is 9.20. The second kappa shape index (κ2) is 7.77. The van der Waals surface area contributed by atoms with Gasteiger partial charge in [0.1, 0.15) is 5.58 Å². The van der Waals surface area contributed by atoms with Gasteiger partial charge in [-0.2, -0.15) is 0 Å². The van der Waals surface area contributed by atoms with Crippen molar-refractivity contribution >= 4 is 49.8 Å². The Kier molecular flexibility index (Phi) is 5.10. The highest BCUT2D eigenvalue weighted by atomic mass is 79.9. The molecule has 0 unspecified atom stereocenters. The van der Waals surface area contributed by atoms with E-state index in [0.717, 1.165) is 15.0 Å². The summed E-state index contributed by atoms with van der Waals surface area (Å²) in [5.74, 6) is 0.603. The molecule has 0 atom stereocenters. The highest BCUT2D eigenvalue weighted by Crippen LogP contribution is 2.29. The van der Waals surface area contributed by atoms with Crippen LogP contribution >= 0.6 is 38.9 Å². The summed E-state index contributed by atoms with van der Waals surface area (Å²) < 4.78 is 6.30. The minimum Gasteiger partial charge on any atom is -0.422 e. The molecular weight excluding hydrogens is 490 g/mol. The zero-order chi connectivity index (χ0) is 20.8. The van der Waals surface area contributed by atoms with Crippen LogP contribution in [0.5, 0.6) is 0 Å². The smallest absolute Gasteiger partial charge is 0.342 e. The number of thiophene rings is 1. The number of nitrogens with one attached hydrogen (secondary N) is 1. The lowest BCUT2D eigenvalue weighted by Gasteiger charge is -2.27. The molecule has 0 saturated heterocycles. The zero-order valence-electron chi connectivity index (χ0n) is 15.6. The lowest BCUT2D eigenvalue weighted by Crippen LogP contribution is -2.36. The molecule has 0 saturated carbocycles. The van der Waals surface area contributed by atoms with E-state index >= 15 is 0 Å². The Morgan fingerprint density at radius 2 is 2.17 bits per heavy atom. The van der Waals surface area contributed by atoms with Crippen molar-refractivity contribution in [1.29, 1.82) is 0 Å². The van der Waals surface area contributed by atoms with Gasteiger partial charge < -0.3 is 9.40 Å². The first kappa shape index (κ1) is 19.7. The minimum atomic E-state index is -0.458. The SMILES string of the molecule is O=c1[nH]c(-c2cccs2)nc2c1CN(Cc1c(Cl)c3cc(Br)ccc3oc1=O)CC2. The van der Waals surface area contributed by atoms with Crippen molar-refractivity contribution in [2.24, 2.45) is 0 Å². The van der Waals surface area contributed by atoms with E-state index in [-0.39, 0.29) is 5.56 Å². The number of fused-ring (bicyclic) bond motifs is 2. The van der Waals surface area contributed by atoms with E-state index in [1.54, 1.807) is 12.1 Å². The van der Waals surface area contributed by atoms with Crippen LogP contribution in [-0.2, 0) is 19.5 Å². The Morgan fingerprint density at radius 3 is 2.97 bits per heavy atom. The lowest BCUT2D eigenvalue weighted by atomic mass is 10.1. The van der Waals surface area contributed by atoms with Gasteiger partial charge in [0.15, 0.2) is 5.82 Å². The summed E-state index contributed by atoms with van der Waals surface area (Å²) in [5.41, 5.74) is 1.67. The summed E-state index contributed by atoms with van der Waals surface area (Å²) in [7, 11) is 0. The molecule has 3 aromatic heterocycles. The van der Waals surface area contributed by atoms with Crippen LogP contribution in [0.25, 0.3) is 21.7 Å². The Morgan fingerprint density at radius 1 is 1.30 bits per heavy atom. The van der Waals surface area contributed by atoms with Gasteiger partial charge in [-0.25, -0.2) is 9.78 Å². The van der Waals surface area contributed by atoms with Crippen LogP contribution in [0.2, 0.25) is 5.02 Å². The fourth-order valence-corrected chi connectivity index (χ4v) is 4.99. The van der Waals surface area contributed by atoms with Gasteiger partial charge in [-0.1, -0.05) is 33.6 Å². The van der Waals surface area contributed by atoms with Crippen molar-refractivity contribution in [3.05, 3.63) is 82.8 Å². The second-order valence-corrected chi connectivity index (χ2v) is 9.34. The van der Waals surface area contributed by atoms with Gasteiger partial charge in [0.2, 0.25) is 0 Å². The van der Waals surface area contributed by atoms with Crippen molar-refractivity contribution < 1.29 is 4.42 Å². The largest absolute Gasteiger partial charge is 0.422 e. The molecule has 6 nitrogen and oxygen atoms in total. The standard InChI is InChI=1S/C21H15BrClN3O3S/c22-11-3-4-16-12(8-11)18(23)14(21(28)29-16)10-26-6-5-15-13(9-26)20(27)25-19(24-15)17-2-1-7-30-17/h1-4,7-8H,5-6,9-10H2,(H,24,25,27). The van der Waals surface area contributed by atoms with Gasteiger partial charge in [0, 0.05) is 35.9 Å².